The molecule has 2 aliphatic rings. The molecular weight excluding hydrogens is 368 g/mol. The van der Waals surface area contributed by atoms with Crippen LogP contribution in [-0.4, -0.2) is 37.1 Å². The molecule has 6 nitrogen and oxygen atoms in total. The number of anilines is 1. The molecule has 1 aliphatic carbocycles. The molecule has 1 fully saturated rings. The molecule has 0 aromatic heterocycles. The molecule has 1 saturated carbocycles. The van der Waals surface area contributed by atoms with E-state index in [1.54, 1.807) is 11.9 Å². The maximum atomic E-state index is 13.6. The van der Waals surface area contributed by atoms with Gasteiger partial charge in [-0.25, -0.2) is 0 Å². The van der Waals surface area contributed by atoms with Crippen LogP contribution in [0.5, 0.6) is 11.5 Å². The van der Waals surface area contributed by atoms with Gasteiger partial charge < -0.3 is 19.7 Å². The highest BCUT2D eigenvalue weighted by Crippen LogP contribution is 2.44. The summed E-state index contributed by atoms with van der Waals surface area (Å²) in [7, 11) is 1.70. The molecule has 29 heavy (non-hydrogen) atoms. The van der Waals surface area contributed by atoms with Gasteiger partial charge in [-0.05, 0) is 42.7 Å². The fourth-order valence-corrected chi connectivity index (χ4v) is 4.35. The van der Waals surface area contributed by atoms with Crippen LogP contribution < -0.4 is 14.8 Å². The standard InChI is InChI=1S/C23H26N2O4/c1-25(15-21(26)24-18-8-4-2-5-9-18)22(27)23(12-6-3-7-13-23)17-10-11-19-20(14-17)29-16-28-19/h2,4-5,8-11,14H,3,6-7,12-13,15-16H2,1H3,(H,24,26). The number of rotatable bonds is 5. The molecule has 0 spiro atoms. The van der Waals surface area contributed by atoms with Crippen LogP contribution in [0.25, 0.3) is 0 Å². The first-order valence-corrected chi connectivity index (χ1v) is 10.1. The molecule has 0 radical (unpaired) electrons. The van der Waals surface area contributed by atoms with Gasteiger partial charge in [0.2, 0.25) is 18.6 Å². The summed E-state index contributed by atoms with van der Waals surface area (Å²) >= 11 is 0. The maximum Gasteiger partial charge on any atom is 0.243 e. The molecule has 0 unspecified atom stereocenters. The Morgan fingerprint density at radius 1 is 1.00 bits per heavy atom. The summed E-state index contributed by atoms with van der Waals surface area (Å²) < 4.78 is 11.0. The zero-order valence-corrected chi connectivity index (χ0v) is 16.6. The largest absolute Gasteiger partial charge is 0.454 e. The highest BCUT2D eigenvalue weighted by molar-refractivity contribution is 5.96. The molecule has 1 heterocycles. The van der Waals surface area contributed by atoms with Crippen molar-refractivity contribution in [1.82, 2.24) is 4.90 Å². The summed E-state index contributed by atoms with van der Waals surface area (Å²) in [6, 6.07) is 15.1. The van der Waals surface area contributed by atoms with Crippen molar-refractivity contribution < 1.29 is 19.1 Å². The molecule has 2 aromatic rings. The van der Waals surface area contributed by atoms with Crippen LogP contribution in [0.4, 0.5) is 5.69 Å². The third kappa shape index (κ3) is 3.92. The predicted molar refractivity (Wildman–Crippen MR) is 110 cm³/mol. The molecule has 6 heteroatoms. The lowest BCUT2D eigenvalue weighted by Crippen LogP contribution is -2.48. The summed E-state index contributed by atoms with van der Waals surface area (Å²) in [5.74, 6) is 1.18. The quantitative estimate of drug-likeness (QED) is 0.839. The number of carbonyl (C=O) groups excluding carboxylic acids is 2. The van der Waals surface area contributed by atoms with Gasteiger partial charge >= 0.3 is 0 Å². The second-order valence-electron chi connectivity index (χ2n) is 7.79. The normalized spacial score (nSPS) is 16.9. The molecule has 0 saturated heterocycles. The van der Waals surface area contributed by atoms with Crippen molar-refractivity contribution >= 4 is 17.5 Å². The van der Waals surface area contributed by atoms with Crippen molar-refractivity contribution in [3.8, 4) is 11.5 Å². The van der Waals surface area contributed by atoms with Gasteiger partial charge in [0.25, 0.3) is 0 Å². The van der Waals surface area contributed by atoms with Crippen LogP contribution in [0.3, 0.4) is 0 Å². The van der Waals surface area contributed by atoms with Crippen LogP contribution in [0.1, 0.15) is 37.7 Å². The first-order chi connectivity index (χ1) is 14.1. The van der Waals surface area contributed by atoms with E-state index < -0.39 is 5.41 Å². The van der Waals surface area contributed by atoms with E-state index in [0.717, 1.165) is 43.4 Å². The Hall–Kier alpha value is -3.02. The van der Waals surface area contributed by atoms with Gasteiger partial charge in [0, 0.05) is 12.7 Å². The number of ether oxygens (including phenoxy) is 2. The number of para-hydroxylation sites is 1. The van der Waals surface area contributed by atoms with Crippen molar-refractivity contribution in [2.75, 3.05) is 25.7 Å². The van der Waals surface area contributed by atoms with E-state index in [9.17, 15) is 9.59 Å². The molecule has 152 valence electrons. The smallest absolute Gasteiger partial charge is 0.243 e. The lowest BCUT2D eigenvalue weighted by atomic mass is 9.68. The molecule has 4 rings (SSSR count). The van der Waals surface area contributed by atoms with Crippen molar-refractivity contribution in [3.05, 3.63) is 54.1 Å². The molecule has 0 bridgehead atoms. The van der Waals surface area contributed by atoms with Gasteiger partial charge in [-0.3, -0.25) is 9.59 Å². The molecular formula is C23H26N2O4. The average molecular weight is 394 g/mol. The Labute approximate surface area is 170 Å². The Morgan fingerprint density at radius 2 is 1.72 bits per heavy atom. The lowest BCUT2D eigenvalue weighted by molar-refractivity contribution is -0.139. The third-order valence-corrected chi connectivity index (χ3v) is 5.83. The second-order valence-corrected chi connectivity index (χ2v) is 7.79. The van der Waals surface area contributed by atoms with Gasteiger partial charge in [-0.2, -0.15) is 0 Å². The van der Waals surface area contributed by atoms with Gasteiger partial charge in [0.05, 0.1) is 12.0 Å². The van der Waals surface area contributed by atoms with E-state index >= 15 is 0 Å². The van der Waals surface area contributed by atoms with Crippen LogP contribution >= 0.6 is 0 Å². The number of nitrogens with zero attached hydrogens (tertiary/aromatic N) is 1. The van der Waals surface area contributed by atoms with Crippen LogP contribution in [0.2, 0.25) is 0 Å². The molecule has 2 aromatic carbocycles. The van der Waals surface area contributed by atoms with E-state index in [1.165, 1.54) is 0 Å². The first kappa shape index (κ1) is 19.3. The Kier molecular flexibility index (Phi) is 5.43. The molecule has 2 amide bonds. The molecule has 0 atom stereocenters. The first-order valence-electron chi connectivity index (χ1n) is 10.1. The van der Waals surface area contributed by atoms with Gasteiger partial charge in [0.1, 0.15) is 0 Å². The van der Waals surface area contributed by atoms with Crippen LogP contribution in [-0.2, 0) is 15.0 Å². The second kappa shape index (κ2) is 8.15. The number of hydrogen-bond donors (Lipinski definition) is 1. The fraction of sp³-hybridized carbons (Fsp3) is 0.391. The third-order valence-electron chi connectivity index (χ3n) is 5.83. The Morgan fingerprint density at radius 3 is 2.48 bits per heavy atom. The lowest BCUT2D eigenvalue weighted by Gasteiger charge is -2.39. The topological polar surface area (TPSA) is 67.9 Å². The number of nitrogens with one attached hydrogen (secondary N) is 1. The number of carbonyl (C=O) groups is 2. The molecule has 1 N–H and O–H groups in total. The van der Waals surface area contributed by atoms with Crippen molar-refractivity contribution in [2.45, 2.75) is 37.5 Å². The van der Waals surface area contributed by atoms with E-state index in [0.29, 0.717) is 11.5 Å². The maximum absolute atomic E-state index is 13.6. The Balaban J connectivity index is 1.53. The van der Waals surface area contributed by atoms with E-state index in [2.05, 4.69) is 5.32 Å². The summed E-state index contributed by atoms with van der Waals surface area (Å²) in [5.41, 5.74) is 1.05. The monoisotopic (exact) mass is 394 g/mol. The predicted octanol–water partition coefficient (Wildman–Crippen LogP) is 3.71. The Bertz CT molecular complexity index is 891. The summed E-state index contributed by atoms with van der Waals surface area (Å²) in [6.45, 7) is 0.222. The number of hydrogen-bond acceptors (Lipinski definition) is 4. The highest BCUT2D eigenvalue weighted by Gasteiger charge is 2.43. The van der Waals surface area contributed by atoms with Crippen molar-refractivity contribution in [1.29, 1.82) is 0 Å². The summed E-state index contributed by atoms with van der Waals surface area (Å²) in [6.07, 6.45) is 4.65. The summed E-state index contributed by atoms with van der Waals surface area (Å²) in [4.78, 5) is 27.6. The van der Waals surface area contributed by atoms with E-state index in [1.807, 2.05) is 48.5 Å². The number of likely N-dealkylation sites (N-methyl/N-ethyl adjacent to an activating group) is 1. The van der Waals surface area contributed by atoms with E-state index in [-0.39, 0.29) is 25.2 Å². The van der Waals surface area contributed by atoms with Gasteiger partial charge in [-0.15, -0.1) is 0 Å². The minimum atomic E-state index is -0.624. The average Bonchev–Trinajstić information content (AvgIpc) is 3.22. The minimum Gasteiger partial charge on any atom is -0.454 e. The number of amides is 2. The van der Waals surface area contributed by atoms with Crippen molar-refractivity contribution in [3.63, 3.8) is 0 Å². The fourth-order valence-electron chi connectivity index (χ4n) is 4.35. The molecule has 1 aliphatic heterocycles. The summed E-state index contributed by atoms with van der Waals surface area (Å²) in [5, 5.41) is 2.85. The zero-order chi connectivity index (χ0) is 20.3. The van der Waals surface area contributed by atoms with Crippen molar-refractivity contribution in [2.24, 2.45) is 0 Å². The van der Waals surface area contributed by atoms with Gasteiger partial charge in [0.15, 0.2) is 11.5 Å². The van der Waals surface area contributed by atoms with E-state index in [4.69, 9.17) is 9.47 Å². The van der Waals surface area contributed by atoms with Crippen LogP contribution in [0.15, 0.2) is 48.5 Å². The number of fused-ring (bicyclic) bond motifs is 1. The highest BCUT2D eigenvalue weighted by atomic mass is 16.7. The zero-order valence-electron chi connectivity index (χ0n) is 16.6. The van der Waals surface area contributed by atoms with Crippen LogP contribution in [0, 0.1) is 0 Å². The SMILES string of the molecule is CN(CC(=O)Nc1ccccc1)C(=O)C1(c2ccc3c(c2)OCO3)CCCCC1. The number of benzene rings is 2. The minimum absolute atomic E-state index is 0.0139. The van der Waals surface area contributed by atoms with Gasteiger partial charge in [-0.1, -0.05) is 43.5 Å².